The van der Waals surface area contributed by atoms with Crippen LogP contribution in [0.15, 0.2) is 157 Å². The quantitative estimate of drug-likeness (QED) is 0.0181. The zero-order chi connectivity index (χ0) is 48.3. The Kier molecular flexibility index (Phi) is 23.2. The highest BCUT2D eigenvalue weighted by Gasteiger charge is 2.52. The second-order valence-electron chi connectivity index (χ2n) is 18.6. The van der Waals surface area contributed by atoms with Gasteiger partial charge in [0.05, 0.1) is 57.9 Å². The number of nitrogens with zero attached hydrogens (tertiary/aromatic N) is 3. The van der Waals surface area contributed by atoms with E-state index in [1.165, 1.54) is 57.8 Å². The van der Waals surface area contributed by atoms with Crippen molar-refractivity contribution in [1.82, 2.24) is 0 Å². The molecule has 11 heteroatoms. The summed E-state index contributed by atoms with van der Waals surface area (Å²) in [6.07, 6.45) is 10.5. The van der Waals surface area contributed by atoms with E-state index in [0.29, 0.717) is 19.8 Å². The topological polar surface area (TPSA) is 123 Å². The monoisotopic (exact) mass is 954 g/mol. The smallest absolute Gasteiger partial charge is 0.186 e. The molecule has 0 saturated carbocycles. The van der Waals surface area contributed by atoms with Gasteiger partial charge in [0, 0.05) is 10.5 Å². The fourth-order valence-electron chi connectivity index (χ4n) is 9.35. The molecule has 374 valence electrons. The van der Waals surface area contributed by atoms with Gasteiger partial charge in [-0.25, -0.2) is 0 Å². The molecule has 2 aliphatic rings. The maximum Gasteiger partial charge on any atom is 0.186 e. The third-order valence-corrected chi connectivity index (χ3v) is 13.2. The summed E-state index contributed by atoms with van der Waals surface area (Å²) in [5, 5.41) is 4.42. The molecule has 1 unspecified atom stereocenters. The highest BCUT2D eigenvalue weighted by molar-refractivity contribution is 5.18. The lowest BCUT2D eigenvalue weighted by Crippen LogP contribution is -2.64. The molecule has 5 aromatic carbocycles. The van der Waals surface area contributed by atoms with Gasteiger partial charge in [0.1, 0.15) is 24.4 Å². The first-order valence-electron chi connectivity index (χ1n) is 25.9. The molecule has 2 heterocycles. The Morgan fingerprint density at radius 1 is 0.543 bits per heavy atom. The lowest BCUT2D eigenvalue weighted by molar-refractivity contribution is -0.373. The molecule has 0 aromatic heterocycles. The molecule has 2 aliphatic heterocycles. The molecule has 7 rings (SSSR count). The Labute approximate surface area is 416 Å². The van der Waals surface area contributed by atoms with Crippen LogP contribution in [0.25, 0.3) is 10.4 Å². The van der Waals surface area contributed by atoms with Crippen LogP contribution in [0, 0.1) is 0 Å². The highest BCUT2D eigenvalue weighted by atomic mass is 16.8. The van der Waals surface area contributed by atoms with Crippen LogP contribution in [-0.4, -0.2) is 62.2 Å². The summed E-state index contributed by atoms with van der Waals surface area (Å²) in [6.45, 7) is 3.72. The fourth-order valence-corrected chi connectivity index (χ4v) is 9.35. The summed E-state index contributed by atoms with van der Waals surface area (Å²) in [5.74, 6) is 0. The van der Waals surface area contributed by atoms with Crippen molar-refractivity contribution >= 4 is 0 Å². The number of azide groups is 1. The molecule has 0 N–H and O–H groups in total. The van der Waals surface area contributed by atoms with Gasteiger partial charge < -0.3 is 37.9 Å². The van der Waals surface area contributed by atoms with Crippen LogP contribution in [0.4, 0.5) is 0 Å². The standard InChI is InChI=1S/C59H75N3O8/c1-2-3-4-5-6-7-8-9-10-11-12-28-39-52(63-40-46-29-18-13-19-30-46)54(64-41-47-31-20-14-21-32-47)51(61-62-60)44-67-59-57(66-43-49-35-24-16-25-36-49)56(65-42-48-33-22-15-23-34-48)55-53(69-59)45-68-58(70-55)50-37-26-17-27-38-50/h13-27,29-38,51-59H,2-12,28,39-45H2,1H3/t51-,52-,53+,54-,55-,56-,57+,58?,59-/m0/s1. The third kappa shape index (κ3) is 17.4. The van der Waals surface area contributed by atoms with Gasteiger partial charge >= 0.3 is 0 Å². The molecule has 70 heavy (non-hydrogen) atoms. The molecule has 2 fully saturated rings. The Balaban J connectivity index is 1.11. The lowest BCUT2D eigenvalue weighted by atomic mass is 9.96. The summed E-state index contributed by atoms with van der Waals surface area (Å²) in [4.78, 5) is 3.39. The lowest BCUT2D eigenvalue weighted by Gasteiger charge is -2.49. The van der Waals surface area contributed by atoms with E-state index in [9.17, 15) is 5.53 Å². The molecule has 2 saturated heterocycles. The van der Waals surface area contributed by atoms with Gasteiger partial charge in [0.25, 0.3) is 0 Å². The molecule has 0 amide bonds. The van der Waals surface area contributed by atoms with E-state index >= 15 is 0 Å². The fraction of sp³-hybridized carbons (Fsp3) is 0.492. The molecule has 0 bridgehead atoms. The van der Waals surface area contributed by atoms with E-state index in [1.54, 1.807) is 0 Å². The molecule has 0 aliphatic carbocycles. The summed E-state index contributed by atoms with van der Waals surface area (Å²) in [5.41, 5.74) is 15.2. The summed E-state index contributed by atoms with van der Waals surface area (Å²) in [7, 11) is 0. The number of hydrogen-bond donors (Lipinski definition) is 0. The van der Waals surface area contributed by atoms with Crippen LogP contribution in [0.1, 0.15) is 125 Å². The summed E-state index contributed by atoms with van der Waals surface area (Å²) < 4.78 is 54.2. The molecule has 9 atom stereocenters. The third-order valence-electron chi connectivity index (χ3n) is 13.2. The first kappa shape index (κ1) is 52.9. The first-order chi connectivity index (χ1) is 34.7. The van der Waals surface area contributed by atoms with E-state index < -0.39 is 55.2 Å². The molecular formula is C59H75N3O8. The van der Waals surface area contributed by atoms with Gasteiger partial charge in [-0.3, -0.25) is 0 Å². The second-order valence-corrected chi connectivity index (χ2v) is 18.6. The molecule has 5 aromatic rings. The molecular weight excluding hydrogens is 879 g/mol. The second kappa shape index (κ2) is 30.7. The first-order valence-corrected chi connectivity index (χ1v) is 25.9. The number of unbranched alkanes of at least 4 members (excludes halogenated alkanes) is 11. The number of fused-ring (bicyclic) bond motifs is 1. The normalized spacial score (nSPS) is 21.3. The van der Waals surface area contributed by atoms with Crippen LogP contribution < -0.4 is 0 Å². The SMILES string of the molecule is CCCCCCCCCCCCCC[C@H](OCc1ccccc1)[C@@H](OCc1ccccc1)[C@H](CO[C@H]1O[C@@H]2COC(c3ccccc3)O[C@@H]2[C@H](OCc2ccccc2)[C@H]1OCc1ccccc1)N=[N+]=[N-]. The van der Waals surface area contributed by atoms with Crippen molar-refractivity contribution in [3.05, 3.63) is 190 Å². The van der Waals surface area contributed by atoms with Crippen LogP contribution in [-0.2, 0) is 64.3 Å². The Morgan fingerprint density at radius 3 is 1.54 bits per heavy atom. The largest absolute Gasteiger partial charge is 0.371 e. The zero-order valence-corrected chi connectivity index (χ0v) is 41.2. The minimum absolute atomic E-state index is 0.0415. The van der Waals surface area contributed by atoms with Crippen LogP contribution >= 0.6 is 0 Å². The number of rotatable bonds is 32. The Morgan fingerprint density at radius 2 is 1.01 bits per heavy atom. The van der Waals surface area contributed by atoms with Crippen molar-refractivity contribution in [3.8, 4) is 0 Å². The molecule has 11 nitrogen and oxygen atoms in total. The van der Waals surface area contributed by atoms with Crippen LogP contribution in [0.2, 0.25) is 0 Å². The zero-order valence-electron chi connectivity index (χ0n) is 41.2. The van der Waals surface area contributed by atoms with Crippen molar-refractivity contribution in [2.75, 3.05) is 13.2 Å². The van der Waals surface area contributed by atoms with Gasteiger partial charge in [-0.2, -0.15) is 0 Å². The van der Waals surface area contributed by atoms with Gasteiger partial charge in [0.15, 0.2) is 12.6 Å². The predicted octanol–water partition coefficient (Wildman–Crippen LogP) is 14.0. The van der Waals surface area contributed by atoms with E-state index in [1.807, 2.05) is 140 Å². The molecule has 0 radical (unpaired) electrons. The summed E-state index contributed by atoms with van der Waals surface area (Å²) >= 11 is 0. The van der Waals surface area contributed by atoms with E-state index in [-0.39, 0.29) is 19.8 Å². The highest BCUT2D eigenvalue weighted by Crippen LogP contribution is 2.38. The number of hydrogen-bond acceptors (Lipinski definition) is 9. The van der Waals surface area contributed by atoms with Gasteiger partial charge in [-0.1, -0.05) is 241 Å². The van der Waals surface area contributed by atoms with Crippen molar-refractivity contribution in [2.45, 2.75) is 172 Å². The van der Waals surface area contributed by atoms with Gasteiger partial charge in [-0.15, -0.1) is 0 Å². The predicted molar refractivity (Wildman–Crippen MR) is 273 cm³/mol. The van der Waals surface area contributed by atoms with E-state index in [4.69, 9.17) is 37.9 Å². The van der Waals surface area contributed by atoms with E-state index in [2.05, 4.69) is 29.1 Å². The minimum atomic E-state index is -0.961. The van der Waals surface area contributed by atoms with Crippen LogP contribution in [0.5, 0.6) is 0 Å². The van der Waals surface area contributed by atoms with Crippen LogP contribution in [0.3, 0.4) is 0 Å². The Hall–Kier alpha value is -4.91. The number of ether oxygens (including phenoxy) is 8. The maximum absolute atomic E-state index is 10.2. The summed E-state index contributed by atoms with van der Waals surface area (Å²) in [6, 6.07) is 49.4. The average Bonchev–Trinajstić information content (AvgIpc) is 3.41. The minimum Gasteiger partial charge on any atom is -0.371 e. The van der Waals surface area contributed by atoms with E-state index in [0.717, 1.165) is 53.5 Å². The van der Waals surface area contributed by atoms with Crippen molar-refractivity contribution < 1.29 is 37.9 Å². The van der Waals surface area contributed by atoms with Crippen molar-refractivity contribution in [3.63, 3.8) is 0 Å². The average molecular weight is 954 g/mol. The number of benzene rings is 5. The Bertz CT molecular complexity index is 2170. The molecule has 0 spiro atoms. The van der Waals surface area contributed by atoms with Crippen molar-refractivity contribution in [2.24, 2.45) is 5.11 Å². The van der Waals surface area contributed by atoms with Gasteiger partial charge in [0.2, 0.25) is 0 Å². The maximum atomic E-state index is 10.2. The van der Waals surface area contributed by atoms with Crippen molar-refractivity contribution in [1.29, 1.82) is 0 Å². The van der Waals surface area contributed by atoms with Gasteiger partial charge in [-0.05, 0) is 34.2 Å².